The maximum Gasteiger partial charge on any atom is 0.0285 e. The van der Waals surface area contributed by atoms with E-state index < -0.39 is 0 Å². The van der Waals surface area contributed by atoms with Crippen molar-refractivity contribution >= 4 is 27.3 Å². The molecule has 96 valence electrons. The van der Waals surface area contributed by atoms with Gasteiger partial charge in [-0.05, 0) is 66.6 Å². The normalized spacial score (nSPS) is 29.5. The van der Waals surface area contributed by atoms with E-state index in [-0.39, 0.29) is 0 Å². The molecule has 0 radical (unpaired) electrons. The summed E-state index contributed by atoms with van der Waals surface area (Å²) in [6, 6.07) is 3.01. The van der Waals surface area contributed by atoms with Crippen LogP contribution in [0.2, 0.25) is 0 Å². The smallest absolute Gasteiger partial charge is 0.0285 e. The van der Waals surface area contributed by atoms with Gasteiger partial charge < -0.3 is 5.32 Å². The summed E-state index contributed by atoms with van der Waals surface area (Å²) < 4.78 is 1.24. The fourth-order valence-corrected chi connectivity index (χ4v) is 4.60. The third kappa shape index (κ3) is 3.55. The Hall–Kier alpha value is 0.140. The van der Waals surface area contributed by atoms with E-state index in [0.717, 1.165) is 17.9 Å². The summed E-state index contributed by atoms with van der Waals surface area (Å²) in [5.41, 5.74) is 0. The Labute approximate surface area is 117 Å². The molecule has 0 bridgehead atoms. The van der Waals surface area contributed by atoms with Gasteiger partial charge >= 0.3 is 0 Å². The number of rotatable bonds is 4. The van der Waals surface area contributed by atoms with Crippen molar-refractivity contribution in [2.45, 2.75) is 45.1 Å². The number of nitrogens with one attached hydrogen (secondary N) is 1. The largest absolute Gasteiger partial charge is 0.317 e. The lowest BCUT2D eigenvalue weighted by Gasteiger charge is -2.35. The standard InChI is InChI=1S/C14H22BrNS/c1-3-10-4-5-14(16-2)11(6-10)7-13-8-12(15)9-17-13/h8-11,14,16H,3-7H2,1-2H3. The Balaban J connectivity index is 2.00. The summed E-state index contributed by atoms with van der Waals surface area (Å²) in [7, 11) is 2.12. The molecule has 1 heterocycles. The molecule has 1 aliphatic carbocycles. The van der Waals surface area contributed by atoms with Gasteiger partial charge in [0.1, 0.15) is 0 Å². The summed E-state index contributed by atoms with van der Waals surface area (Å²) in [6.45, 7) is 2.34. The Morgan fingerprint density at radius 3 is 2.88 bits per heavy atom. The van der Waals surface area contributed by atoms with E-state index in [4.69, 9.17) is 0 Å². The van der Waals surface area contributed by atoms with Crippen LogP contribution in [0.3, 0.4) is 0 Å². The van der Waals surface area contributed by atoms with E-state index >= 15 is 0 Å². The molecule has 1 nitrogen and oxygen atoms in total. The summed E-state index contributed by atoms with van der Waals surface area (Å²) in [4.78, 5) is 1.53. The van der Waals surface area contributed by atoms with Crippen LogP contribution in [0.5, 0.6) is 0 Å². The maximum absolute atomic E-state index is 3.55. The molecule has 0 aromatic carbocycles. The monoisotopic (exact) mass is 315 g/mol. The molecule has 1 saturated carbocycles. The van der Waals surface area contributed by atoms with Gasteiger partial charge in [-0.3, -0.25) is 0 Å². The lowest BCUT2D eigenvalue weighted by Crippen LogP contribution is -2.39. The number of thiophene rings is 1. The van der Waals surface area contributed by atoms with Crippen molar-refractivity contribution in [3.8, 4) is 0 Å². The minimum atomic E-state index is 0.721. The fourth-order valence-electron chi connectivity index (χ4n) is 3.06. The van der Waals surface area contributed by atoms with Crippen molar-refractivity contribution in [3.05, 3.63) is 20.8 Å². The Morgan fingerprint density at radius 2 is 2.29 bits per heavy atom. The number of hydrogen-bond donors (Lipinski definition) is 1. The Bertz CT molecular complexity index is 350. The lowest BCUT2D eigenvalue weighted by molar-refractivity contribution is 0.206. The summed E-state index contributed by atoms with van der Waals surface area (Å²) in [5.74, 6) is 1.78. The molecule has 3 atom stereocenters. The predicted octanol–water partition coefficient (Wildman–Crippen LogP) is 4.47. The second-order valence-corrected chi connectivity index (χ2v) is 7.09. The van der Waals surface area contributed by atoms with E-state index in [9.17, 15) is 0 Å². The van der Waals surface area contributed by atoms with Gasteiger partial charge in [0, 0.05) is 20.8 Å². The first-order chi connectivity index (χ1) is 8.22. The zero-order valence-corrected chi connectivity index (χ0v) is 13.1. The first-order valence-corrected chi connectivity index (χ1v) is 8.30. The molecule has 0 amide bonds. The molecule has 3 unspecified atom stereocenters. The minimum Gasteiger partial charge on any atom is -0.317 e. The van der Waals surface area contributed by atoms with Crippen LogP contribution in [0, 0.1) is 11.8 Å². The highest BCUT2D eigenvalue weighted by Crippen LogP contribution is 2.34. The zero-order valence-electron chi connectivity index (χ0n) is 10.7. The van der Waals surface area contributed by atoms with Crippen molar-refractivity contribution in [2.24, 2.45) is 11.8 Å². The topological polar surface area (TPSA) is 12.0 Å². The van der Waals surface area contributed by atoms with Gasteiger partial charge in [0.25, 0.3) is 0 Å². The van der Waals surface area contributed by atoms with Crippen LogP contribution in [-0.4, -0.2) is 13.1 Å². The molecule has 3 heteroatoms. The first-order valence-electron chi connectivity index (χ1n) is 6.63. The molecule has 1 N–H and O–H groups in total. The van der Waals surface area contributed by atoms with Gasteiger partial charge in [-0.15, -0.1) is 11.3 Å². The van der Waals surface area contributed by atoms with Gasteiger partial charge in [-0.1, -0.05) is 13.3 Å². The fraction of sp³-hybridized carbons (Fsp3) is 0.714. The molecule has 0 aliphatic heterocycles. The molecule has 0 saturated heterocycles. The molecule has 1 aromatic rings. The molecule has 17 heavy (non-hydrogen) atoms. The lowest BCUT2D eigenvalue weighted by atomic mass is 9.75. The van der Waals surface area contributed by atoms with Crippen LogP contribution in [0.25, 0.3) is 0 Å². The van der Waals surface area contributed by atoms with E-state index in [1.54, 1.807) is 0 Å². The van der Waals surface area contributed by atoms with E-state index in [1.807, 2.05) is 11.3 Å². The van der Waals surface area contributed by atoms with Gasteiger partial charge in [-0.25, -0.2) is 0 Å². The Kier molecular flexibility index (Phi) is 5.07. The minimum absolute atomic E-state index is 0.721. The highest BCUT2D eigenvalue weighted by atomic mass is 79.9. The third-order valence-electron chi connectivity index (χ3n) is 4.12. The molecule has 2 rings (SSSR count). The number of hydrogen-bond acceptors (Lipinski definition) is 2. The third-order valence-corrected chi connectivity index (χ3v) is 5.84. The summed E-state index contributed by atoms with van der Waals surface area (Å²) >= 11 is 5.44. The van der Waals surface area contributed by atoms with Crippen LogP contribution >= 0.6 is 27.3 Å². The molecule has 1 fully saturated rings. The summed E-state index contributed by atoms with van der Waals surface area (Å²) in [5, 5.41) is 5.72. The van der Waals surface area contributed by atoms with Gasteiger partial charge in [0.2, 0.25) is 0 Å². The van der Waals surface area contributed by atoms with Crippen molar-refractivity contribution < 1.29 is 0 Å². The molecular formula is C14H22BrNS. The first kappa shape index (κ1) is 13.6. The predicted molar refractivity (Wildman–Crippen MR) is 79.7 cm³/mol. The molecule has 1 aromatic heterocycles. The quantitative estimate of drug-likeness (QED) is 0.864. The van der Waals surface area contributed by atoms with Crippen LogP contribution < -0.4 is 5.32 Å². The van der Waals surface area contributed by atoms with E-state index in [1.165, 1.54) is 41.5 Å². The zero-order chi connectivity index (χ0) is 12.3. The molecular weight excluding hydrogens is 294 g/mol. The van der Waals surface area contributed by atoms with Crippen LogP contribution in [-0.2, 0) is 6.42 Å². The van der Waals surface area contributed by atoms with Crippen molar-refractivity contribution in [1.82, 2.24) is 5.32 Å². The van der Waals surface area contributed by atoms with Gasteiger partial charge in [0.05, 0.1) is 0 Å². The average molecular weight is 316 g/mol. The van der Waals surface area contributed by atoms with Crippen molar-refractivity contribution in [2.75, 3.05) is 7.05 Å². The highest BCUT2D eigenvalue weighted by molar-refractivity contribution is 9.10. The maximum atomic E-state index is 3.55. The molecule has 0 spiro atoms. The number of halogens is 1. The second-order valence-electron chi connectivity index (χ2n) is 5.18. The molecule has 1 aliphatic rings. The van der Waals surface area contributed by atoms with Crippen LogP contribution in [0.15, 0.2) is 15.9 Å². The van der Waals surface area contributed by atoms with E-state index in [0.29, 0.717) is 0 Å². The SMILES string of the molecule is CCC1CCC(NC)C(Cc2cc(Br)cs2)C1. The Morgan fingerprint density at radius 1 is 1.47 bits per heavy atom. The van der Waals surface area contributed by atoms with Crippen molar-refractivity contribution in [3.63, 3.8) is 0 Å². The van der Waals surface area contributed by atoms with Gasteiger partial charge in [0.15, 0.2) is 0 Å². The van der Waals surface area contributed by atoms with Crippen molar-refractivity contribution in [1.29, 1.82) is 0 Å². The van der Waals surface area contributed by atoms with Gasteiger partial charge in [-0.2, -0.15) is 0 Å². The summed E-state index contributed by atoms with van der Waals surface area (Å²) in [6.07, 6.45) is 6.76. The van der Waals surface area contributed by atoms with E-state index in [2.05, 4.69) is 46.7 Å². The van der Waals surface area contributed by atoms with Crippen LogP contribution in [0.4, 0.5) is 0 Å². The highest BCUT2D eigenvalue weighted by Gasteiger charge is 2.28. The van der Waals surface area contributed by atoms with Crippen LogP contribution in [0.1, 0.15) is 37.5 Å². The second kappa shape index (κ2) is 6.35. The average Bonchev–Trinajstić information content (AvgIpc) is 2.74.